The molecule has 0 fully saturated rings. The molecule has 1 amide bonds. The number of carbonyl (C=O) groups is 1. The predicted octanol–water partition coefficient (Wildman–Crippen LogP) is 6.21. The van der Waals surface area contributed by atoms with E-state index in [-0.39, 0.29) is 12.5 Å². The van der Waals surface area contributed by atoms with Crippen molar-refractivity contribution < 1.29 is 13.9 Å². The van der Waals surface area contributed by atoms with E-state index in [9.17, 15) is 4.79 Å². The summed E-state index contributed by atoms with van der Waals surface area (Å²) in [5.41, 5.74) is 5.24. The molecule has 0 atom stereocenters. The minimum Gasteiger partial charge on any atom is -0.483 e. The van der Waals surface area contributed by atoms with Gasteiger partial charge >= 0.3 is 0 Å². The van der Waals surface area contributed by atoms with Gasteiger partial charge in [0.15, 0.2) is 6.61 Å². The number of benzene rings is 2. The minimum atomic E-state index is -0.368. The first-order valence-corrected chi connectivity index (χ1v) is 10.2. The van der Waals surface area contributed by atoms with E-state index in [0.29, 0.717) is 38.8 Å². The average Bonchev–Trinajstić information content (AvgIpc) is 3.17. The molecule has 5 nitrogen and oxygen atoms in total. The van der Waals surface area contributed by atoms with E-state index in [1.165, 1.54) is 6.21 Å². The normalized spacial score (nSPS) is 11.3. The maximum absolute atomic E-state index is 12.1. The van der Waals surface area contributed by atoms with Crippen molar-refractivity contribution in [3.63, 3.8) is 0 Å². The first-order chi connectivity index (χ1) is 14.3. The Balaban J connectivity index is 1.58. The molecule has 3 rings (SSSR count). The van der Waals surface area contributed by atoms with E-state index in [2.05, 4.69) is 24.4 Å². The van der Waals surface area contributed by atoms with Crippen LogP contribution in [0.4, 0.5) is 0 Å². The van der Waals surface area contributed by atoms with Crippen LogP contribution in [0.3, 0.4) is 0 Å². The number of hydrogen-bond acceptors (Lipinski definition) is 4. The fourth-order valence-corrected chi connectivity index (χ4v) is 3.24. The summed E-state index contributed by atoms with van der Waals surface area (Å²) in [7, 11) is 0. The number of ether oxygens (including phenoxy) is 1. The maximum atomic E-state index is 12.1. The van der Waals surface area contributed by atoms with Gasteiger partial charge in [-0.05, 0) is 54.3 Å². The molecule has 0 aliphatic heterocycles. The van der Waals surface area contributed by atoms with Gasteiger partial charge in [-0.15, -0.1) is 0 Å². The Bertz CT molecular complexity index is 1070. The Morgan fingerprint density at radius 2 is 2.00 bits per heavy atom. The highest BCUT2D eigenvalue weighted by Gasteiger charge is 2.11. The Kier molecular flexibility index (Phi) is 7.19. The lowest BCUT2D eigenvalue weighted by Gasteiger charge is -2.14. The smallest absolute Gasteiger partial charge is 0.277 e. The zero-order valence-corrected chi connectivity index (χ0v) is 18.4. The van der Waals surface area contributed by atoms with Gasteiger partial charge in [-0.1, -0.05) is 55.2 Å². The molecule has 1 aromatic heterocycles. The van der Waals surface area contributed by atoms with Gasteiger partial charge in [0.1, 0.15) is 17.3 Å². The van der Waals surface area contributed by atoms with Gasteiger partial charge in [0, 0.05) is 5.56 Å². The third-order valence-electron chi connectivity index (χ3n) is 4.37. The van der Waals surface area contributed by atoms with Gasteiger partial charge in [-0.2, -0.15) is 5.10 Å². The van der Waals surface area contributed by atoms with Crippen LogP contribution in [0.5, 0.6) is 5.75 Å². The Morgan fingerprint density at radius 3 is 2.77 bits per heavy atom. The molecule has 7 heteroatoms. The summed E-state index contributed by atoms with van der Waals surface area (Å²) in [5.74, 6) is 1.65. The molecule has 0 unspecified atom stereocenters. The molecular formula is C23H22Cl2N2O3. The Morgan fingerprint density at radius 1 is 1.20 bits per heavy atom. The number of carbonyl (C=O) groups excluding carboxylic acids is 1. The monoisotopic (exact) mass is 444 g/mol. The van der Waals surface area contributed by atoms with E-state index in [4.69, 9.17) is 32.4 Å². The summed E-state index contributed by atoms with van der Waals surface area (Å²) in [6.07, 6.45) is 1.41. The largest absolute Gasteiger partial charge is 0.483 e. The standard InChI is InChI=1S/C23H22Cl2N2O3/c1-14(2)17-9-7-15(3)11-21(17)29-13-22(28)27-26-12-16-8-10-20(30-16)18-5-4-6-19(24)23(18)25/h4-12,14H,13H2,1-3H3,(H,27,28)/b26-12-. The molecule has 156 valence electrons. The number of hydrogen-bond donors (Lipinski definition) is 1. The van der Waals surface area contributed by atoms with Crippen LogP contribution in [-0.4, -0.2) is 18.7 Å². The molecular weight excluding hydrogens is 423 g/mol. The quantitative estimate of drug-likeness (QED) is 0.347. The molecule has 2 aromatic carbocycles. The zero-order valence-electron chi connectivity index (χ0n) is 16.9. The van der Waals surface area contributed by atoms with Crippen molar-refractivity contribution in [1.29, 1.82) is 0 Å². The summed E-state index contributed by atoms with van der Waals surface area (Å²) in [6.45, 7) is 6.00. The molecule has 0 radical (unpaired) electrons. The van der Waals surface area contributed by atoms with E-state index in [1.54, 1.807) is 24.3 Å². The van der Waals surface area contributed by atoms with Gasteiger partial charge in [0.25, 0.3) is 5.91 Å². The average molecular weight is 445 g/mol. The molecule has 0 aliphatic carbocycles. The number of halogens is 2. The third kappa shape index (κ3) is 5.43. The van der Waals surface area contributed by atoms with Crippen molar-refractivity contribution in [1.82, 2.24) is 5.43 Å². The van der Waals surface area contributed by atoms with Gasteiger partial charge in [0.2, 0.25) is 0 Å². The van der Waals surface area contributed by atoms with E-state index >= 15 is 0 Å². The van der Waals surface area contributed by atoms with Crippen LogP contribution in [0, 0.1) is 6.92 Å². The number of amides is 1. The number of rotatable bonds is 7. The highest BCUT2D eigenvalue weighted by Crippen LogP contribution is 2.34. The third-order valence-corrected chi connectivity index (χ3v) is 5.19. The molecule has 1 heterocycles. The molecule has 3 aromatic rings. The van der Waals surface area contributed by atoms with Crippen molar-refractivity contribution in [3.05, 3.63) is 75.5 Å². The summed E-state index contributed by atoms with van der Waals surface area (Å²) < 4.78 is 11.4. The first kappa shape index (κ1) is 21.9. The van der Waals surface area contributed by atoms with Crippen molar-refractivity contribution in [2.24, 2.45) is 5.10 Å². The summed E-state index contributed by atoms with van der Waals surface area (Å²) in [4.78, 5) is 12.1. The van der Waals surface area contributed by atoms with Crippen molar-refractivity contribution >= 4 is 35.3 Å². The molecule has 30 heavy (non-hydrogen) atoms. The van der Waals surface area contributed by atoms with E-state index in [0.717, 1.165) is 11.1 Å². The van der Waals surface area contributed by atoms with Crippen LogP contribution in [0.15, 0.2) is 58.0 Å². The second-order valence-electron chi connectivity index (χ2n) is 7.08. The van der Waals surface area contributed by atoms with Crippen LogP contribution in [-0.2, 0) is 4.79 Å². The number of nitrogens with zero attached hydrogens (tertiary/aromatic N) is 1. The Labute approximate surface area is 185 Å². The lowest BCUT2D eigenvalue weighted by Crippen LogP contribution is -2.24. The van der Waals surface area contributed by atoms with Crippen molar-refractivity contribution in [2.75, 3.05) is 6.61 Å². The summed E-state index contributed by atoms with van der Waals surface area (Å²) in [5, 5.41) is 4.78. The summed E-state index contributed by atoms with van der Waals surface area (Å²) >= 11 is 12.3. The van der Waals surface area contributed by atoms with Gasteiger partial charge in [-0.3, -0.25) is 4.79 Å². The fourth-order valence-electron chi connectivity index (χ4n) is 2.85. The summed E-state index contributed by atoms with van der Waals surface area (Å²) in [6, 6.07) is 14.8. The van der Waals surface area contributed by atoms with Gasteiger partial charge in [-0.25, -0.2) is 5.43 Å². The number of aryl methyl sites for hydroxylation is 1. The zero-order chi connectivity index (χ0) is 21.7. The lowest BCUT2D eigenvalue weighted by atomic mass is 10.0. The number of furan rings is 1. The van der Waals surface area contributed by atoms with Crippen molar-refractivity contribution in [3.8, 4) is 17.1 Å². The van der Waals surface area contributed by atoms with Crippen LogP contribution in [0.2, 0.25) is 10.0 Å². The molecule has 0 spiro atoms. The number of nitrogens with one attached hydrogen (secondary N) is 1. The molecule has 1 N–H and O–H groups in total. The predicted molar refractivity (Wildman–Crippen MR) is 121 cm³/mol. The highest BCUT2D eigenvalue weighted by molar-refractivity contribution is 6.43. The van der Waals surface area contributed by atoms with Gasteiger partial charge in [0.05, 0.1) is 16.3 Å². The second-order valence-corrected chi connectivity index (χ2v) is 7.87. The fraction of sp³-hybridized carbons (Fsp3) is 0.217. The topological polar surface area (TPSA) is 63.8 Å². The lowest BCUT2D eigenvalue weighted by molar-refractivity contribution is -0.123. The number of hydrazone groups is 1. The van der Waals surface area contributed by atoms with Crippen LogP contribution in [0.1, 0.15) is 36.7 Å². The van der Waals surface area contributed by atoms with E-state index in [1.807, 2.05) is 31.2 Å². The molecule has 0 saturated carbocycles. The minimum absolute atomic E-state index is 0.137. The van der Waals surface area contributed by atoms with Gasteiger partial charge < -0.3 is 9.15 Å². The van der Waals surface area contributed by atoms with Crippen molar-refractivity contribution in [2.45, 2.75) is 26.7 Å². The SMILES string of the molecule is Cc1ccc(C(C)C)c(OCC(=O)N/N=C\c2ccc(-c3cccc(Cl)c3Cl)o2)c1. The Hall–Kier alpha value is -2.76. The van der Waals surface area contributed by atoms with Crippen LogP contribution >= 0.6 is 23.2 Å². The molecule has 0 bridgehead atoms. The van der Waals surface area contributed by atoms with E-state index < -0.39 is 0 Å². The molecule has 0 saturated heterocycles. The highest BCUT2D eigenvalue weighted by atomic mass is 35.5. The second kappa shape index (κ2) is 9.83. The van der Waals surface area contributed by atoms with Crippen LogP contribution < -0.4 is 10.2 Å². The maximum Gasteiger partial charge on any atom is 0.277 e. The molecule has 0 aliphatic rings. The first-order valence-electron chi connectivity index (χ1n) is 9.44. The van der Waals surface area contributed by atoms with Crippen LogP contribution in [0.25, 0.3) is 11.3 Å².